The number of nitrogens with zero attached hydrogens (tertiary/aromatic N) is 4. The molecule has 4 rings (SSSR count). The van der Waals surface area contributed by atoms with Crippen molar-refractivity contribution in [2.24, 2.45) is 0 Å². The van der Waals surface area contributed by atoms with E-state index in [2.05, 4.69) is 27.4 Å². The maximum absolute atomic E-state index is 13.0. The van der Waals surface area contributed by atoms with Crippen molar-refractivity contribution in [3.8, 4) is 10.7 Å². The number of hydrogen-bond donors (Lipinski definition) is 0. The van der Waals surface area contributed by atoms with Gasteiger partial charge in [0, 0.05) is 22.1 Å². The van der Waals surface area contributed by atoms with E-state index < -0.39 is 6.43 Å². The van der Waals surface area contributed by atoms with Crippen LogP contribution in [0.3, 0.4) is 0 Å². The summed E-state index contributed by atoms with van der Waals surface area (Å²) in [5, 5.41) is 13.6. The summed E-state index contributed by atoms with van der Waals surface area (Å²) in [6.45, 7) is 3.99. The summed E-state index contributed by atoms with van der Waals surface area (Å²) in [6.07, 6.45) is -2.65. The lowest BCUT2D eigenvalue weighted by atomic mass is 10.2. The second kappa shape index (κ2) is 8.38. The Morgan fingerprint density at radius 1 is 1.14 bits per heavy atom. The largest absolute Gasteiger partial charge is 0.291 e. The van der Waals surface area contributed by atoms with Gasteiger partial charge in [0.15, 0.2) is 10.0 Å². The molecule has 4 aromatic rings. The Morgan fingerprint density at radius 2 is 1.90 bits per heavy atom. The first-order chi connectivity index (χ1) is 13.9. The molecule has 0 unspecified atom stereocenters. The van der Waals surface area contributed by atoms with Gasteiger partial charge in [0.2, 0.25) is 0 Å². The fraction of sp³-hybridized carbons (Fsp3) is 0.250. The molecule has 0 spiro atoms. The van der Waals surface area contributed by atoms with Crippen LogP contribution < -0.4 is 0 Å². The van der Waals surface area contributed by atoms with Crippen LogP contribution in [0.1, 0.15) is 36.9 Å². The maximum atomic E-state index is 13.0. The first kappa shape index (κ1) is 20.3. The van der Waals surface area contributed by atoms with E-state index in [1.807, 2.05) is 48.9 Å². The molecular formula is C20H17ClF2N4S2. The van der Waals surface area contributed by atoms with E-state index in [-0.39, 0.29) is 11.0 Å². The summed E-state index contributed by atoms with van der Waals surface area (Å²) in [7, 11) is 0. The van der Waals surface area contributed by atoms with Crippen LogP contribution in [0.2, 0.25) is 5.02 Å². The van der Waals surface area contributed by atoms with E-state index in [0.29, 0.717) is 15.7 Å². The standard InChI is InChI=1S/C20H17ClF2N4S2/c1-11(2)27-17-14(16(26-27)19-24-25-20(29-19)18(22)23)8-13(9-15(17)21)28-10-12-6-4-3-5-7-12/h3-9,11,18H,10H2,1-2H3. The normalized spacial score (nSPS) is 11.8. The Balaban J connectivity index is 1.78. The third-order valence-corrected chi connectivity index (χ3v) is 6.57. The van der Waals surface area contributed by atoms with Crippen LogP contribution >= 0.6 is 34.7 Å². The van der Waals surface area contributed by atoms with Crippen LogP contribution in [0.15, 0.2) is 47.4 Å². The van der Waals surface area contributed by atoms with Gasteiger partial charge in [-0.2, -0.15) is 5.10 Å². The zero-order chi connectivity index (χ0) is 20.5. The lowest BCUT2D eigenvalue weighted by Crippen LogP contribution is -2.02. The Labute approximate surface area is 179 Å². The van der Waals surface area contributed by atoms with Gasteiger partial charge in [-0.15, -0.1) is 22.0 Å². The second-order valence-corrected chi connectivity index (χ2v) is 9.17. The van der Waals surface area contributed by atoms with Gasteiger partial charge in [-0.05, 0) is 31.5 Å². The van der Waals surface area contributed by atoms with Crippen molar-refractivity contribution in [3.63, 3.8) is 0 Å². The van der Waals surface area contributed by atoms with E-state index in [1.54, 1.807) is 11.8 Å². The molecule has 0 fully saturated rings. The first-order valence-corrected chi connectivity index (χ1v) is 11.1. The van der Waals surface area contributed by atoms with Crippen LogP contribution in [0.25, 0.3) is 21.6 Å². The van der Waals surface area contributed by atoms with Gasteiger partial charge < -0.3 is 0 Å². The minimum absolute atomic E-state index is 0.0501. The number of thioether (sulfide) groups is 1. The highest BCUT2D eigenvalue weighted by Gasteiger charge is 2.22. The predicted molar refractivity (Wildman–Crippen MR) is 115 cm³/mol. The van der Waals surface area contributed by atoms with E-state index in [4.69, 9.17) is 11.6 Å². The van der Waals surface area contributed by atoms with Crippen LogP contribution in [-0.4, -0.2) is 20.0 Å². The number of aromatic nitrogens is 4. The molecule has 0 bridgehead atoms. The average molecular weight is 451 g/mol. The van der Waals surface area contributed by atoms with Crippen LogP contribution in [0.4, 0.5) is 8.78 Å². The number of benzene rings is 2. The fourth-order valence-electron chi connectivity index (χ4n) is 2.97. The highest BCUT2D eigenvalue weighted by Crippen LogP contribution is 2.39. The number of rotatable bonds is 6. The fourth-order valence-corrected chi connectivity index (χ4v) is 4.97. The van der Waals surface area contributed by atoms with Gasteiger partial charge >= 0.3 is 0 Å². The highest BCUT2D eigenvalue weighted by atomic mass is 35.5. The zero-order valence-corrected chi connectivity index (χ0v) is 18.0. The molecule has 0 radical (unpaired) electrons. The van der Waals surface area contributed by atoms with Crippen molar-refractivity contribution >= 4 is 45.6 Å². The van der Waals surface area contributed by atoms with Gasteiger partial charge in [-0.3, -0.25) is 4.68 Å². The quantitative estimate of drug-likeness (QED) is 0.296. The van der Waals surface area contributed by atoms with E-state index in [0.717, 1.165) is 32.9 Å². The molecule has 150 valence electrons. The molecule has 0 aliphatic carbocycles. The number of halogens is 3. The van der Waals surface area contributed by atoms with Crippen molar-refractivity contribution in [2.75, 3.05) is 0 Å². The van der Waals surface area contributed by atoms with Crippen molar-refractivity contribution in [3.05, 3.63) is 58.1 Å². The van der Waals surface area contributed by atoms with Gasteiger partial charge in [-0.25, -0.2) is 8.78 Å². The van der Waals surface area contributed by atoms with Crippen molar-refractivity contribution < 1.29 is 8.78 Å². The van der Waals surface area contributed by atoms with Crippen LogP contribution in [0.5, 0.6) is 0 Å². The summed E-state index contributed by atoms with van der Waals surface area (Å²) >= 11 is 9.14. The molecule has 2 aromatic heterocycles. The Morgan fingerprint density at radius 3 is 2.55 bits per heavy atom. The summed E-state index contributed by atoms with van der Waals surface area (Å²) < 4.78 is 27.8. The molecule has 29 heavy (non-hydrogen) atoms. The second-order valence-electron chi connectivity index (χ2n) is 6.71. The molecule has 2 aromatic carbocycles. The van der Waals surface area contributed by atoms with Crippen molar-refractivity contribution in [2.45, 2.75) is 37.0 Å². The first-order valence-electron chi connectivity index (χ1n) is 8.94. The third-order valence-electron chi connectivity index (χ3n) is 4.30. The van der Waals surface area contributed by atoms with Crippen LogP contribution in [-0.2, 0) is 5.75 Å². The molecule has 0 N–H and O–H groups in total. The summed E-state index contributed by atoms with van der Waals surface area (Å²) in [4.78, 5) is 0.981. The molecular weight excluding hydrogens is 434 g/mol. The molecule has 0 saturated carbocycles. The zero-order valence-electron chi connectivity index (χ0n) is 15.6. The third kappa shape index (κ3) is 4.15. The van der Waals surface area contributed by atoms with Gasteiger partial charge in [0.05, 0.1) is 10.5 Å². The average Bonchev–Trinajstić information content (AvgIpc) is 3.32. The van der Waals surface area contributed by atoms with Crippen molar-refractivity contribution in [1.29, 1.82) is 0 Å². The van der Waals surface area contributed by atoms with Gasteiger partial charge in [0.25, 0.3) is 6.43 Å². The minimum atomic E-state index is -2.65. The Hall–Kier alpha value is -2.03. The lowest BCUT2D eigenvalue weighted by molar-refractivity contribution is 0.150. The highest BCUT2D eigenvalue weighted by molar-refractivity contribution is 7.98. The molecule has 9 heteroatoms. The summed E-state index contributed by atoms with van der Waals surface area (Å²) in [5.74, 6) is 0.796. The molecule has 0 amide bonds. The van der Waals surface area contributed by atoms with Gasteiger partial charge in [-0.1, -0.05) is 53.3 Å². The Kier molecular flexibility index (Phi) is 5.85. The summed E-state index contributed by atoms with van der Waals surface area (Å²) in [5.41, 5.74) is 2.51. The van der Waals surface area contributed by atoms with Crippen LogP contribution in [0, 0.1) is 0 Å². The number of alkyl halides is 2. The maximum Gasteiger partial charge on any atom is 0.291 e. The summed E-state index contributed by atoms with van der Waals surface area (Å²) in [6, 6.07) is 14.1. The number of fused-ring (bicyclic) bond motifs is 1. The monoisotopic (exact) mass is 450 g/mol. The van der Waals surface area contributed by atoms with E-state index in [1.165, 1.54) is 5.56 Å². The molecule has 0 atom stereocenters. The molecule has 4 nitrogen and oxygen atoms in total. The van der Waals surface area contributed by atoms with E-state index >= 15 is 0 Å². The smallest absolute Gasteiger partial charge is 0.260 e. The minimum Gasteiger partial charge on any atom is -0.260 e. The Bertz CT molecular complexity index is 1140. The van der Waals surface area contributed by atoms with Gasteiger partial charge in [0.1, 0.15) is 5.69 Å². The lowest BCUT2D eigenvalue weighted by Gasteiger charge is -2.09. The van der Waals surface area contributed by atoms with E-state index in [9.17, 15) is 8.78 Å². The predicted octanol–water partition coefficient (Wildman–Crippen LogP) is 7.02. The molecule has 0 saturated heterocycles. The topological polar surface area (TPSA) is 43.6 Å². The molecule has 0 aliphatic heterocycles. The number of hydrogen-bond acceptors (Lipinski definition) is 5. The van der Waals surface area contributed by atoms with Crippen molar-refractivity contribution in [1.82, 2.24) is 20.0 Å². The molecule has 0 aliphatic rings. The SMILES string of the molecule is CC(C)n1nc(-c2nnc(C(F)F)s2)c2cc(SCc3ccccc3)cc(Cl)c21. The molecule has 2 heterocycles.